The quantitative estimate of drug-likeness (QED) is 0.735. The van der Waals surface area contributed by atoms with Gasteiger partial charge in [0.05, 0.1) is 16.8 Å². The molecular weight excluding hydrogens is 306 g/mol. The number of hydrogen-bond acceptors (Lipinski definition) is 3. The van der Waals surface area contributed by atoms with Crippen LogP contribution in [0.5, 0.6) is 0 Å². The second-order valence-corrected chi connectivity index (χ2v) is 6.19. The Morgan fingerprint density at radius 3 is 2.74 bits per heavy atom. The molecule has 0 aliphatic heterocycles. The van der Waals surface area contributed by atoms with Crippen molar-refractivity contribution >= 4 is 29.0 Å². The third-order valence-electron chi connectivity index (χ3n) is 3.46. The molecule has 0 spiro atoms. The number of anilines is 1. The van der Waals surface area contributed by atoms with E-state index in [1.807, 2.05) is 60.4 Å². The van der Waals surface area contributed by atoms with Crippen molar-refractivity contribution in [3.63, 3.8) is 0 Å². The van der Waals surface area contributed by atoms with Crippen LogP contribution in [0.3, 0.4) is 0 Å². The molecule has 1 aromatic carbocycles. The molecule has 1 N–H and O–H groups in total. The van der Waals surface area contributed by atoms with E-state index < -0.39 is 0 Å². The molecule has 0 unspecified atom stereocenters. The van der Waals surface area contributed by atoms with Gasteiger partial charge in [0.2, 0.25) is 5.91 Å². The smallest absolute Gasteiger partial charge is 0.248 e. The van der Waals surface area contributed by atoms with Gasteiger partial charge in [0.1, 0.15) is 0 Å². The lowest BCUT2D eigenvalue weighted by atomic mass is 10.2. The molecule has 4 nitrogen and oxygen atoms in total. The molecule has 0 atom stereocenters. The maximum Gasteiger partial charge on any atom is 0.248 e. The Bertz CT molecular complexity index is 830. The number of thiophene rings is 1. The third-order valence-corrected chi connectivity index (χ3v) is 4.33. The first-order chi connectivity index (χ1) is 11.1. The molecule has 3 aromatic rings. The van der Waals surface area contributed by atoms with E-state index in [1.165, 1.54) is 6.08 Å². The SMILES string of the molecule is Cc1ccc(NC(=O)/C=C/c2cnn(C)c2-c2cccs2)cc1. The number of aryl methyl sites for hydroxylation is 2. The van der Waals surface area contributed by atoms with Gasteiger partial charge < -0.3 is 5.32 Å². The highest BCUT2D eigenvalue weighted by Crippen LogP contribution is 2.28. The van der Waals surface area contributed by atoms with Gasteiger partial charge in [-0.3, -0.25) is 9.48 Å². The van der Waals surface area contributed by atoms with Gasteiger partial charge in [0.25, 0.3) is 0 Å². The van der Waals surface area contributed by atoms with Gasteiger partial charge in [-0.05, 0) is 36.6 Å². The van der Waals surface area contributed by atoms with Crippen molar-refractivity contribution < 1.29 is 4.79 Å². The third kappa shape index (κ3) is 3.57. The number of nitrogens with one attached hydrogen (secondary N) is 1. The summed E-state index contributed by atoms with van der Waals surface area (Å²) in [5.41, 5.74) is 3.89. The first kappa shape index (κ1) is 15.2. The monoisotopic (exact) mass is 323 g/mol. The molecular formula is C18H17N3OS. The van der Waals surface area contributed by atoms with E-state index in [9.17, 15) is 4.79 Å². The Labute approximate surface area is 139 Å². The zero-order chi connectivity index (χ0) is 16.2. The van der Waals surface area contributed by atoms with Crippen molar-refractivity contribution in [2.24, 2.45) is 7.05 Å². The van der Waals surface area contributed by atoms with Gasteiger partial charge in [-0.2, -0.15) is 5.10 Å². The largest absolute Gasteiger partial charge is 0.323 e. The summed E-state index contributed by atoms with van der Waals surface area (Å²) in [5.74, 6) is -0.158. The van der Waals surface area contributed by atoms with E-state index in [4.69, 9.17) is 0 Å². The molecule has 2 heterocycles. The van der Waals surface area contributed by atoms with Crippen molar-refractivity contribution in [3.05, 3.63) is 65.2 Å². The fourth-order valence-electron chi connectivity index (χ4n) is 2.28. The summed E-state index contributed by atoms with van der Waals surface area (Å²) in [7, 11) is 1.90. The Morgan fingerprint density at radius 1 is 1.26 bits per heavy atom. The number of benzene rings is 1. The molecule has 0 aliphatic carbocycles. The number of aromatic nitrogens is 2. The average molecular weight is 323 g/mol. The van der Waals surface area contributed by atoms with E-state index in [-0.39, 0.29) is 5.91 Å². The van der Waals surface area contributed by atoms with E-state index in [1.54, 1.807) is 23.6 Å². The highest BCUT2D eigenvalue weighted by molar-refractivity contribution is 7.13. The number of carbonyl (C=O) groups excluding carboxylic acids is 1. The van der Waals surface area contributed by atoms with E-state index in [0.717, 1.165) is 27.4 Å². The molecule has 0 saturated heterocycles. The van der Waals surface area contributed by atoms with Gasteiger partial charge in [0.15, 0.2) is 0 Å². The number of hydrogen-bond donors (Lipinski definition) is 1. The van der Waals surface area contributed by atoms with Gasteiger partial charge >= 0.3 is 0 Å². The van der Waals surface area contributed by atoms with Gasteiger partial charge in [0, 0.05) is 24.4 Å². The van der Waals surface area contributed by atoms with Crippen LogP contribution >= 0.6 is 11.3 Å². The van der Waals surface area contributed by atoms with Crippen LogP contribution in [-0.4, -0.2) is 15.7 Å². The van der Waals surface area contributed by atoms with Gasteiger partial charge in [-0.1, -0.05) is 23.8 Å². The molecule has 2 aromatic heterocycles. The Morgan fingerprint density at radius 2 is 2.04 bits per heavy atom. The van der Waals surface area contributed by atoms with Crippen LogP contribution in [0.2, 0.25) is 0 Å². The van der Waals surface area contributed by atoms with Crippen LogP contribution in [0, 0.1) is 6.92 Å². The second kappa shape index (κ2) is 6.62. The first-order valence-corrected chi connectivity index (χ1v) is 8.13. The topological polar surface area (TPSA) is 46.9 Å². The lowest BCUT2D eigenvalue weighted by Gasteiger charge is -2.02. The van der Waals surface area contributed by atoms with Crippen LogP contribution in [0.4, 0.5) is 5.69 Å². The van der Waals surface area contributed by atoms with Crippen LogP contribution < -0.4 is 5.32 Å². The maximum absolute atomic E-state index is 12.1. The summed E-state index contributed by atoms with van der Waals surface area (Å²) >= 11 is 1.65. The summed E-state index contributed by atoms with van der Waals surface area (Å²) in [6.45, 7) is 2.01. The van der Waals surface area contributed by atoms with Crippen LogP contribution in [0.25, 0.3) is 16.6 Å². The molecule has 0 aliphatic rings. The van der Waals surface area contributed by atoms with Crippen molar-refractivity contribution in [2.75, 3.05) is 5.32 Å². The number of nitrogens with zero attached hydrogens (tertiary/aromatic N) is 2. The van der Waals surface area contributed by atoms with Crippen molar-refractivity contribution in [1.29, 1.82) is 0 Å². The van der Waals surface area contributed by atoms with Crippen LogP contribution in [0.15, 0.2) is 54.1 Å². The summed E-state index contributed by atoms with van der Waals surface area (Å²) < 4.78 is 1.82. The predicted octanol–water partition coefficient (Wildman–Crippen LogP) is 4.11. The minimum Gasteiger partial charge on any atom is -0.323 e. The molecule has 3 rings (SSSR count). The fourth-order valence-corrected chi connectivity index (χ4v) is 3.10. The zero-order valence-corrected chi connectivity index (χ0v) is 13.8. The number of rotatable bonds is 4. The van der Waals surface area contributed by atoms with Crippen LogP contribution in [0.1, 0.15) is 11.1 Å². The number of amides is 1. The molecule has 0 saturated carbocycles. The summed E-state index contributed by atoms with van der Waals surface area (Å²) in [5, 5.41) is 9.16. The Balaban J connectivity index is 1.75. The fraction of sp³-hybridized carbons (Fsp3) is 0.111. The van der Waals surface area contributed by atoms with Crippen LogP contribution in [-0.2, 0) is 11.8 Å². The lowest BCUT2D eigenvalue weighted by Crippen LogP contribution is -2.07. The molecule has 0 fully saturated rings. The molecule has 116 valence electrons. The summed E-state index contributed by atoms with van der Waals surface area (Å²) in [4.78, 5) is 13.2. The number of carbonyl (C=O) groups is 1. The molecule has 23 heavy (non-hydrogen) atoms. The highest BCUT2D eigenvalue weighted by Gasteiger charge is 2.10. The van der Waals surface area contributed by atoms with Gasteiger partial charge in [-0.15, -0.1) is 11.3 Å². The average Bonchev–Trinajstić information content (AvgIpc) is 3.17. The van der Waals surface area contributed by atoms with E-state index in [0.29, 0.717) is 0 Å². The van der Waals surface area contributed by atoms with Crippen molar-refractivity contribution in [2.45, 2.75) is 6.92 Å². The molecule has 1 amide bonds. The van der Waals surface area contributed by atoms with Crippen molar-refractivity contribution in [3.8, 4) is 10.6 Å². The standard InChI is InChI=1S/C18H17N3OS/c1-13-5-8-15(9-6-13)20-17(22)10-7-14-12-19-21(2)18(14)16-4-3-11-23-16/h3-12H,1-2H3,(H,20,22)/b10-7+. The Hall–Kier alpha value is -2.66. The van der Waals surface area contributed by atoms with Gasteiger partial charge in [-0.25, -0.2) is 0 Å². The van der Waals surface area contributed by atoms with E-state index in [2.05, 4.69) is 10.4 Å². The minimum atomic E-state index is -0.158. The normalized spacial score (nSPS) is 11.0. The summed E-state index contributed by atoms with van der Waals surface area (Å²) in [6.07, 6.45) is 5.10. The minimum absolute atomic E-state index is 0.158. The summed E-state index contributed by atoms with van der Waals surface area (Å²) in [6, 6.07) is 11.8. The lowest BCUT2D eigenvalue weighted by molar-refractivity contribution is -0.111. The molecule has 5 heteroatoms. The predicted molar refractivity (Wildman–Crippen MR) is 95.4 cm³/mol. The molecule has 0 bridgehead atoms. The first-order valence-electron chi connectivity index (χ1n) is 7.25. The van der Waals surface area contributed by atoms with E-state index >= 15 is 0 Å². The second-order valence-electron chi connectivity index (χ2n) is 5.24. The van der Waals surface area contributed by atoms with Crippen molar-refractivity contribution in [1.82, 2.24) is 9.78 Å². The Kier molecular flexibility index (Phi) is 4.39. The zero-order valence-electron chi connectivity index (χ0n) is 13.0. The highest BCUT2D eigenvalue weighted by atomic mass is 32.1. The molecule has 0 radical (unpaired) electrons. The maximum atomic E-state index is 12.1.